The van der Waals surface area contributed by atoms with Gasteiger partial charge in [0.15, 0.2) is 0 Å². The van der Waals surface area contributed by atoms with Crippen molar-refractivity contribution in [2.75, 3.05) is 17.6 Å². The van der Waals surface area contributed by atoms with Crippen molar-refractivity contribution < 1.29 is 0 Å². The molecule has 0 fully saturated rings. The second kappa shape index (κ2) is 6.17. The molecule has 6 heteroatoms. The van der Waals surface area contributed by atoms with E-state index in [1.807, 2.05) is 18.5 Å². The third-order valence-corrected chi connectivity index (χ3v) is 4.17. The SMILES string of the molecule is Cc1c(N)nc(C(C)C)nc1NCC(C)c1nccs1. The fraction of sp³-hybridized carbons (Fsp3) is 0.500. The first-order chi connectivity index (χ1) is 9.49. The zero-order valence-electron chi connectivity index (χ0n) is 12.3. The van der Waals surface area contributed by atoms with Gasteiger partial charge in [-0.05, 0) is 6.92 Å². The molecular weight excluding hydrogens is 270 g/mol. The second-order valence-electron chi connectivity index (χ2n) is 5.25. The van der Waals surface area contributed by atoms with E-state index in [0.717, 1.165) is 28.8 Å². The van der Waals surface area contributed by atoms with Crippen LogP contribution in [0.4, 0.5) is 11.6 Å². The molecule has 0 amide bonds. The van der Waals surface area contributed by atoms with Gasteiger partial charge in [-0.3, -0.25) is 0 Å². The van der Waals surface area contributed by atoms with Crippen LogP contribution < -0.4 is 11.1 Å². The third-order valence-electron chi connectivity index (χ3n) is 3.17. The van der Waals surface area contributed by atoms with Crippen LogP contribution in [0.25, 0.3) is 0 Å². The zero-order chi connectivity index (χ0) is 14.7. The summed E-state index contributed by atoms with van der Waals surface area (Å²) in [5, 5.41) is 6.50. The number of thiazole rings is 1. The average molecular weight is 291 g/mol. The fourth-order valence-corrected chi connectivity index (χ4v) is 2.50. The topological polar surface area (TPSA) is 76.7 Å². The Balaban J connectivity index is 2.12. The molecule has 0 saturated carbocycles. The molecule has 0 spiro atoms. The van der Waals surface area contributed by atoms with Crippen LogP contribution >= 0.6 is 11.3 Å². The number of anilines is 2. The van der Waals surface area contributed by atoms with Crippen molar-refractivity contribution in [3.05, 3.63) is 28.0 Å². The number of nitrogens with one attached hydrogen (secondary N) is 1. The summed E-state index contributed by atoms with van der Waals surface area (Å²) in [7, 11) is 0. The Kier molecular flexibility index (Phi) is 4.54. The minimum absolute atomic E-state index is 0.259. The first-order valence-electron chi connectivity index (χ1n) is 6.76. The molecule has 2 heterocycles. The molecule has 2 aromatic heterocycles. The van der Waals surface area contributed by atoms with Crippen LogP contribution in [0.5, 0.6) is 0 Å². The zero-order valence-corrected chi connectivity index (χ0v) is 13.2. The van der Waals surface area contributed by atoms with E-state index in [1.54, 1.807) is 11.3 Å². The molecule has 0 aromatic carbocycles. The first-order valence-corrected chi connectivity index (χ1v) is 7.64. The minimum Gasteiger partial charge on any atom is -0.383 e. The highest BCUT2D eigenvalue weighted by molar-refractivity contribution is 7.09. The molecule has 0 aliphatic carbocycles. The lowest BCUT2D eigenvalue weighted by Gasteiger charge is -2.15. The predicted molar refractivity (Wildman–Crippen MR) is 84.3 cm³/mol. The first kappa shape index (κ1) is 14.7. The van der Waals surface area contributed by atoms with Gasteiger partial charge in [-0.2, -0.15) is 0 Å². The molecule has 108 valence electrons. The van der Waals surface area contributed by atoms with E-state index in [4.69, 9.17) is 5.73 Å². The molecule has 2 rings (SSSR count). The Morgan fingerprint density at radius 3 is 2.65 bits per heavy atom. The Morgan fingerprint density at radius 2 is 2.05 bits per heavy atom. The van der Waals surface area contributed by atoms with Crippen molar-refractivity contribution in [3.63, 3.8) is 0 Å². The van der Waals surface area contributed by atoms with Crippen LogP contribution in [0, 0.1) is 6.92 Å². The molecule has 0 radical (unpaired) electrons. The predicted octanol–water partition coefficient (Wildman–Crippen LogP) is 3.16. The van der Waals surface area contributed by atoms with Crippen molar-refractivity contribution in [2.24, 2.45) is 0 Å². The molecular formula is C14H21N5S. The highest BCUT2D eigenvalue weighted by Gasteiger charge is 2.13. The monoisotopic (exact) mass is 291 g/mol. The highest BCUT2D eigenvalue weighted by Crippen LogP contribution is 2.23. The summed E-state index contributed by atoms with van der Waals surface area (Å²) in [5.74, 6) is 2.75. The molecule has 1 atom stereocenters. The number of nitrogen functional groups attached to an aromatic ring is 1. The summed E-state index contributed by atoms with van der Waals surface area (Å²) in [6.07, 6.45) is 1.83. The molecule has 0 aliphatic rings. The Labute approximate surface area is 123 Å². The van der Waals surface area contributed by atoms with Crippen molar-refractivity contribution in [2.45, 2.75) is 39.5 Å². The van der Waals surface area contributed by atoms with Crippen molar-refractivity contribution in [1.29, 1.82) is 0 Å². The summed E-state index contributed by atoms with van der Waals surface area (Å²) >= 11 is 1.67. The Morgan fingerprint density at radius 1 is 1.30 bits per heavy atom. The van der Waals surface area contributed by atoms with Crippen molar-refractivity contribution >= 4 is 23.0 Å². The molecule has 2 aromatic rings. The van der Waals surface area contributed by atoms with E-state index < -0.39 is 0 Å². The quantitative estimate of drug-likeness (QED) is 0.885. The number of aromatic nitrogens is 3. The van der Waals surface area contributed by atoms with E-state index >= 15 is 0 Å². The smallest absolute Gasteiger partial charge is 0.135 e. The van der Waals surface area contributed by atoms with Crippen LogP contribution in [0.15, 0.2) is 11.6 Å². The molecule has 0 saturated heterocycles. The summed E-state index contributed by atoms with van der Waals surface area (Å²) < 4.78 is 0. The van der Waals surface area contributed by atoms with E-state index in [9.17, 15) is 0 Å². The maximum atomic E-state index is 5.96. The Bertz CT molecular complexity index is 565. The molecule has 1 unspecified atom stereocenters. The van der Waals surface area contributed by atoms with Gasteiger partial charge in [0.2, 0.25) is 0 Å². The highest BCUT2D eigenvalue weighted by atomic mass is 32.1. The van der Waals surface area contributed by atoms with Gasteiger partial charge in [0, 0.05) is 35.5 Å². The third kappa shape index (κ3) is 3.25. The number of hydrogen-bond acceptors (Lipinski definition) is 6. The maximum Gasteiger partial charge on any atom is 0.135 e. The van der Waals surface area contributed by atoms with E-state index in [1.165, 1.54) is 0 Å². The number of hydrogen-bond donors (Lipinski definition) is 2. The number of rotatable bonds is 5. The standard InChI is InChI=1S/C14H21N5S/c1-8(2)12-18-11(15)10(4)13(19-12)17-7-9(3)14-16-5-6-20-14/h5-6,8-9H,7H2,1-4H3,(H3,15,17,18,19). The summed E-state index contributed by atoms with van der Waals surface area (Å²) in [6.45, 7) is 8.99. The second-order valence-corrected chi connectivity index (χ2v) is 6.17. The Hall–Kier alpha value is -1.69. The largest absolute Gasteiger partial charge is 0.383 e. The van der Waals surface area contributed by atoms with Crippen LogP contribution in [-0.4, -0.2) is 21.5 Å². The van der Waals surface area contributed by atoms with Crippen molar-refractivity contribution in [1.82, 2.24) is 15.0 Å². The molecule has 3 N–H and O–H groups in total. The minimum atomic E-state index is 0.259. The number of nitrogens with two attached hydrogens (primary N) is 1. The fourth-order valence-electron chi connectivity index (χ4n) is 1.80. The van der Waals surface area contributed by atoms with Gasteiger partial charge in [-0.1, -0.05) is 20.8 Å². The lowest BCUT2D eigenvalue weighted by molar-refractivity contribution is 0.762. The molecule has 0 bridgehead atoms. The lowest BCUT2D eigenvalue weighted by atomic mass is 10.1. The molecule has 20 heavy (non-hydrogen) atoms. The van der Waals surface area contributed by atoms with Crippen LogP contribution in [0.1, 0.15) is 49.0 Å². The molecule has 5 nitrogen and oxygen atoms in total. The van der Waals surface area contributed by atoms with Gasteiger partial charge in [0.05, 0.1) is 5.01 Å². The van der Waals surface area contributed by atoms with Gasteiger partial charge in [-0.15, -0.1) is 11.3 Å². The van der Waals surface area contributed by atoms with Gasteiger partial charge in [0.25, 0.3) is 0 Å². The average Bonchev–Trinajstić information content (AvgIpc) is 2.93. The van der Waals surface area contributed by atoms with Crippen LogP contribution in [0.2, 0.25) is 0 Å². The van der Waals surface area contributed by atoms with Crippen molar-refractivity contribution in [3.8, 4) is 0 Å². The van der Waals surface area contributed by atoms with Crippen LogP contribution in [0.3, 0.4) is 0 Å². The summed E-state index contributed by atoms with van der Waals surface area (Å²) in [4.78, 5) is 13.2. The maximum absolute atomic E-state index is 5.96. The van der Waals surface area contributed by atoms with Gasteiger partial charge >= 0.3 is 0 Å². The van der Waals surface area contributed by atoms with Gasteiger partial charge < -0.3 is 11.1 Å². The number of nitrogens with zero attached hydrogens (tertiary/aromatic N) is 3. The summed E-state index contributed by atoms with van der Waals surface area (Å²) in [6, 6.07) is 0. The van der Waals surface area contributed by atoms with Gasteiger partial charge in [-0.25, -0.2) is 15.0 Å². The van der Waals surface area contributed by atoms with Crippen LogP contribution in [-0.2, 0) is 0 Å². The molecule has 0 aliphatic heterocycles. The lowest BCUT2D eigenvalue weighted by Crippen LogP contribution is -2.14. The van der Waals surface area contributed by atoms with E-state index in [-0.39, 0.29) is 5.92 Å². The van der Waals surface area contributed by atoms with Gasteiger partial charge in [0.1, 0.15) is 17.5 Å². The van der Waals surface area contributed by atoms with E-state index in [2.05, 4.69) is 41.0 Å². The summed E-state index contributed by atoms with van der Waals surface area (Å²) in [5.41, 5.74) is 6.86. The normalized spacial score (nSPS) is 12.7. The van der Waals surface area contributed by atoms with E-state index in [0.29, 0.717) is 11.7 Å².